The summed E-state index contributed by atoms with van der Waals surface area (Å²) in [7, 11) is 0. The number of nitrogens with two attached hydrogens (primary N) is 1. The normalized spacial score (nSPS) is 10.6. The largest absolute Gasteiger partial charge is 0.379 e. The lowest BCUT2D eigenvalue weighted by molar-refractivity contribution is 0.460. The van der Waals surface area contributed by atoms with E-state index in [1.165, 1.54) is 0 Å². The van der Waals surface area contributed by atoms with Gasteiger partial charge in [-0.25, -0.2) is 4.98 Å². The van der Waals surface area contributed by atoms with Crippen LogP contribution in [0.1, 0.15) is 0 Å². The van der Waals surface area contributed by atoms with E-state index < -0.39 is 0 Å². The number of halogens is 1. The third-order valence-corrected chi connectivity index (χ3v) is 1.75. The predicted molar refractivity (Wildman–Crippen MR) is 43.9 cm³/mol. The predicted octanol–water partition coefficient (Wildman–Crippen LogP) is 1.57. The molecule has 0 amide bonds. The van der Waals surface area contributed by atoms with E-state index in [9.17, 15) is 0 Å². The molecule has 2 rings (SSSR count). The second kappa shape index (κ2) is 2.20. The van der Waals surface area contributed by atoms with Gasteiger partial charge in [-0.15, -0.1) is 0 Å². The molecule has 2 N–H and O–H groups in total. The van der Waals surface area contributed by atoms with Crippen LogP contribution in [-0.4, -0.2) is 10.1 Å². The smallest absolute Gasteiger partial charge is 0.193 e. The highest BCUT2D eigenvalue weighted by molar-refractivity contribution is 9.10. The molecule has 0 radical (unpaired) electrons. The summed E-state index contributed by atoms with van der Waals surface area (Å²) in [4.78, 5) is 4.07. The monoisotopic (exact) mass is 213 g/mol. The molecule has 0 aliphatic rings. The Morgan fingerprint density at radius 3 is 3.09 bits per heavy atom. The first-order valence-electron chi connectivity index (χ1n) is 2.95. The molecule has 0 bridgehead atoms. The van der Waals surface area contributed by atoms with Gasteiger partial charge in [0.05, 0.1) is 0 Å². The van der Waals surface area contributed by atoms with Crippen LogP contribution in [0.4, 0.5) is 5.82 Å². The third kappa shape index (κ3) is 0.970. The number of nitrogen functional groups attached to an aromatic ring is 1. The topological polar surface area (TPSA) is 64.9 Å². The van der Waals surface area contributed by atoms with Crippen molar-refractivity contribution in [3.05, 3.63) is 16.7 Å². The Bertz CT molecular complexity index is 398. The molecule has 2 aromatic rings. The van der Waals surface area contributed by atoms with Crippen LogP contribution in [0.25, 0.3) is 11.1 Å². The van der Waals surface area contributed by atoms with E-state index in [1.54, 1.807) is 12.1 Å². The van der Waals surface area contributed by atoms with Crippen LogP contribution in [0.5, 0.6) is 0 Å². The lowest BCUT2D eigenvalue weighted by Crippen LogP contribution is -1.85. The molecule has 2 heterocycles. The summed E-state index contributed by atoms with van der Waals surface area (Å²) < 4.78 is 5.57. The molecular formula is C6H4BrN3O. The summed E-state index contributed by atoms with van der Waals surface area (Å²) in [6.45, 7) is 0. The van der Waals surface area contributed by atoms with Gasteiger partial charge in [-0.05, 0) is 28.1 Å². The zero-order chi connectivity index (χ0) is 7.84. The molecule has 2 aromatic heterocycles. The number of nitrogens with zero attached hydrogens (tertiary/aromatic N) is 2. The average Bonchev–Trinajstić information content (AvgIpc) is 2.33. The van der Waals surface area contributed by atoms with E-state index in [0.717, 1.165) is 4.60 Å². The Morgan fingerprint density at radius 2 is 2.27 bits per heavy atom. The summed E-state index contributed by atoms with van der Waals surface area (Å²) in [5.74, 6) is 0.321. The highest BCUT2D eigenvalue weighted by Gasteiger charge is 2.05. The number of rotatable bonds is 0. The van der Waals surface area contributed by atoms with Crippen LogP contribution in [0.2, 0.25) is 0 Å². The van der Waals surface area contributed by atoms with E-state index in [1.807, 2.05) is 0 Å². The fraction of sp³-hybridized carbons (Fsp3) is 0. The fourth-order valence-electron chi connectivity index (χ4n) is 0.821. The van der Waals surface area contributed by atoms with Crippen LogP contribution in [0.15, 0.2) is 21.3 Å². The molecule has 0 saturated carbocycles. The summed E-state index contributed by atoms with van der Waals surface area (Å²) in [5, 5.41) is 3.56. The first-order valence-corrected chi connectivity index (χ1v) is 3.74. The Morgan fingerprint density at radius 1 is 1.45 bits per heavy atom. The first-order chi connectivity index (χ1) is 5.27. The maximum Gasteiger partial charge on any atom is 0.193 e. The Hall–Kier alpha value is -1.10. The molecule has 56 valence electrons. The molecule has 0 aromatic carbocycles. The van der Waals surface area contributed by atoms with Crippen molar-refractivity contribution in [3.8, 4) is 0 Å². The van der Waals surface area contributed by atoms with Gasteiger partial charge in [-0.3, -0.25) is 0 Å². The van der Waals surface area contributed by atoms with Gasteiger partial charge in [0.2, 0.25) is 0 Å². The molecule has 0 unspecified atom stereocenters. The summed E-state index contributed by atoms with van der Waals surface area (Å²) in [5.41, 5.74) is 6.66. The highest BCUT2D eigenvalue weighted by Crippen LogP contribution is 2.19. The summed E-state index contributed by atoms with van der Waals surface area (Å²) in [6, 6.07) is 3.53. The second-order valence-electron chi connectivity index (χ2n) is 2.05. The zero-order valence-electron chi connectivity index (χ0n) is 5.41. The molecular weight excluding hydrogens is 210 g/mol. The van der Waals surface area contributed by atoms with Crippen molar-refractivity contribution in [2.75, 3.05) is 5.73 Å². The van der Waals surface area contributed by atoms with Crippen molar-refractivity contribution in [1.29, 1.82) is 0 Å². The number of anilines is 1. The Kier molecular flexibility index (Phi) is 1.32. The molecule has 0 aliphatic heterocycles. The third-order valence-electron chi connectivity index (χ3n) is 1.31. The van der Waals surface area contributed by atoms with E-state index in [2.05, 4.69) is 26.1 Å². The number of hydrogen-bond donors (Lipinski definition) is 1. The lowest BCUT2D eigenvalue weighted by atomic mass is 10.4. The van der Waals surface area contributed by atoms with E-state index >= 15 is 0 Å². The van der Waals surface area contributed by atoms with Gasteiger partial charge in [0.25, 0.3) is 0 Å². The van der Waals surface area contributed by atoms with Crippen LogP contribution < -0.4 is 5.73 Å². The van der Waals surface area contributed by atoms with Gasteiger partial charge in [0, 0.05) is 0 Å². The molecule has 0 fully saturated rings. The van der Waals surface area contributed by atoms with Crippen LogP contribution in [0, 0.1) is 0 Å². The van der Waals surface area contributed by atoms with Gasteiger partial charge in [-0.2, -0.15) is 0 Å². The van der Waals surface area contributed by atoms with Gasteiger partial charge in [-0.1, -0.05) is 5.16 Å². The summed E-state index contributed by atoms with van der Waals surface area (Å²) >= 11 is 3.22. The minimum atomic E-state index is 0.321. The van der Waals surface area contributed by atoms with Crippen molar-refractivity contribution in [3.63, 3.8) is 0 Å². The van der Waals surface area contributed by atoms with Crippen molar-refractivity contribution in [2.45, 2.75) is 0 Å². The van der Waals surface area contributed by atoms with Crippen LogP contribution in [0.3, 0.4) is 0 Å². The average molecular weight is 214 g/mol. The molecule has 0 spiro atoms. The number of fused-ring (bicyclic) bond motifs is 1. The van der Waals surface area contributed by atoms with E-state index in [4.69, 9.17) is 10.3 Å². The van der Waals surface area contributed by atoms with E-state index in [0.29, 0.717) is 16.9 Å². The maximum atomic E-state index is 5.46. The Balaban J connectivity index is 2.87. The van der Waals surface area contributed by atoms with Crippen molar-refractivity contribution < 1.29 is 4.52 Å². The van der Waals surface area contributed by atoms with Gasteiger partial charge >= 0.3 is 0 Å². The van der Waals surface area contributed by atoms with Crippen molar-refractivity contribution in [1.82, 2.24) is 10.1 Å². The summed E-state index contributed by atoms with van der Waals surface area (Å²) in [6.07, 6.45) is 0. The van der Waals surface area contributed by atoms with Crippen LogP contribution >= 0.6 is 15.9 Å². The van der Waals surface area contributed by atoms with Gasteiger partial charge in [0.15, 0.2) is 16.9 Å². The van der Waals surface area contributed by atoms with Gasteiger partial charge in [0.1, 0.15) is 4.60 Å². The quantitative estimate of drug-likeness (QED) is 0.676. The SMILES string of the molecule is Nc1noc2ccc(Br)nc12. The Labute approximate surface area is 70.5 Å². The minimum absolute atomic E-state index is 0.321. The standard InChI is InChI=1S/C6H4BrN3O/c7-4-2-1-3-5(9-4)6(8)10-11-3/h1-2H,(H2,8,10). The molecule has 0 saturated heterocycles. The molecule has 4 nitrogen and oxygen atoms in total. The fourth-order valence-corrected chi connectivity index (χ4v) is 1.13. The molecule has 0 atom stereocenters. The number of hydrogen-bond acceptors (Lipinski definition) is 4. The maximum absolute atomic E-state index is 5.46. The molecule has 11 heavy (non-hydrogen) atoms. The second-order valence-corrected chi connectivity index (χ2v) is 2.86. The first kappa shape index (κ1) is 6.60. The van der Waals surface area contributed by atoms with Gasteiger partial charge < -0.3 is 10.3 Å². The van der Waals surface area contributed by atoms with Crippen molar-refractivity contribution >= 4 is 32.8 Å². The number of pyridine rings is 1. The molecule has 5 heteroatoms. The molecule has 0 aliphatic carbocycles. The zero-order valence-corrected chi connectivity index (χ0v) is 7.00. The highest BCUT2D eigenvalue weighted by atomic mass is 79.9. The van der Waals surface area contributed by atoms with E-state index in [-0.39, 0.29) is 0 Å². The van der Waals surface area contributed by atoms with Crippen LogP contribution in [-0.2, 0) is 0 Å². The minimum Gasteiger partial charge on any atom is -0.379 e. The number of aromatic nitrogens is 2. The lowest BCUT2D eigenvalue weighted by Gasteiger charge is -1.87. The van der Waals surface area contributed by atoms with Crippen molar-refractivity contribution in [2.24, 2.45) is 0 Å².